The van der Waals surface area contributed by atoms with Crippen LogP contribution in [0.25, 0.3) is 0 Å². The van der Waals surface area contributed by atoms with Gasteiger partial charge in [-0.05, 0) is 48.7 Å². The molecule has 1 heterocycles. The quantitative estimate of drug-likeness (QED) is 0.751. The summed E-state index contributed by atoms with van der Waals surface area (Å²) < 4.78 is 25.5. The van der Waals surface area contributed by atoms with Crippen molar-refractivity contribution in [2.24, 2.45) is 0 Å². The molecule has 0 bridgehead atoms. The summed E-state index contributed by atoms with van der Waals surface area (Å²) >= 11 is 0. The van der Waals surface area contributed by atoms with Crippen LogP contribution in [0, 0.1) is 6.92 Å². The van der Waals surface area contributed by atoms with E-state index in [4.69, 9.17) is 0 Å². The fourth-order valence-corrected chi connectivity index (χ4v) is 4.17. The molecule has 2 aromatic rings. The lowest BCUT2D eigenvalue weighted by atomic mass is 10.2. The fraction of sp³-hybridized carbons (Fsp3) is 0.333. The van der Waals surface area contributed by atoms with E-state index in [0.717, 1.165) is 33.8 Å². The van der Waals surface area contributed by atoms with E-state index >= 15 is 0 Å². The largest absolute Gasteiger partial charge is 0.350 e. The van der Waals surface area contributed by atoms with Crippen LogP contribution >= 0.6 is 0 Å². The molecule has 3 rings (SSSR count). The number of aryl methyl sites for hydroxylation is 1. The van der Waals surface area contributed by atoms with Gasteiger partial charge in [0.15, 0.2) is 0 Å². The number of amides is 2. The molecule has 1 saturated heterocycles. The minimum atomic E-state index is -3.61. The topological polar surface area (TPSA) is 86.8 Å². The van der Waals surface area contributed by atoms with Crippen molar-refractivity contribution in [3.05, 3.63) is 59.7 Å². The van der Waals surface area contributed by atoms with Crippen LogP contribution < -0.4 is 14.5 Å². The summed E-state index contributed by atoms with van der Waals surface area (Å²) in [5, 5.41) is 2.77. The average molecular weight is 416 g/mol. The number of carbonyl (C=O) groups is 2. The molecular formula is C21H25N3O4S. The number of anilines is 2. The van der Waals surface area contributed by atoms with E-state index < -0.39 is 15.9 Å². The Bertz CT molecular complexity index is 1020. The van der Waals surface area contributed by atoms with Gasteiger partial charge in [0, 0.05) is 25.2 Å². The third kappa shape index (κ3) is 5.35. The third-order valence-electron chi connectivity index (χ3n) is 4.76. The zero-order valence-electron chi connectivity index (χ0n) is 16.6. The molecule has 0 unspecified atom stereocenters. The smallest absolute Gasteiger partial charge is 0.241 e. The first-order chi connectivity index (χ1) is 13.7. The second-order valence-electron chi connectivity index (χ2n) is 7.20. The Morgan fingerprint density at radius 3 is 2.59 bits per heavy atom. The van der Waals surface area contributed by atoms with Gasteiger partial charge in [-0.25, -0.2) is 8.42 Å². The zero-order chi connectivity index (χ0) is 21.0. The number of rotatable bonds is 7. The maximum absolute atomic E-state index is 12.4. The highest BCUT2D eigenvalue weighted by Gasteiger charge is 2.22. The summed E-state index contributed by atoms with van der Waals surface area (Å²) in [4.78, 5) is 26.1. The van der Waals surface area contributed by atoms with Crippen molar-refractivity contribution in [2.45, 2.75) is 26.3 Å². The molecule has 154 valence electrons. The van der Waals surface area contributed by atoms with Crippen molar-refractivity contribution < 1.29 is 18.0 Å². The number of benzene rings is 2. The first-order valence-electron chi connectivity index (χ1n) is 9.44. The number of carbonyl (C=O) groups excluding carboxylic acids is 2. The highest BCUT2D eigenvalue weighted by atomic mass is 32.2. The third-order valence-corrected chi connectivity index (χ3v) is 5.90. The molecule has 0 aliphatic carbocycles. The Kier molecular flexibility index (Phi) is 6.22. The fourth-order valence-electron chi connectivity index (χ4n) is 3.33. The molecule has 1 aliphatic rings. The SMILES string of the molecule is Cc1cccc(N(CC(=O)NCc2cccc(N3CCCC3=O)c2)S(C)(=O)=O)c1. The molecule has 1 aliphatic heterocycles. The lowest BCUT2D eigenvalue weighted by Crippen LogP contribution is -2.40. The second-order valence-corrected chi connectivity index (χ2v) is 9.11. The van der Waals surface area contributed by atoms with E-state index in [1.807, 2.05) is 37.3 Å². The number of hydrogen-bond acceptors (Lipinski definition) is 4. The van der Waals surface area contributed by atoms with E-state index in [-0.39, 0.29) is 19.0 Å². The molecule has 0 aromatic heterocycles. The highest BCUT2D eigenvalue weighted by molar-refractivity contribution is 7.92. The number of nitrogens with one attached hydrogen (secondary N) is 1. The average Bonchev–Trinajstić information content (AvgIpc) is 3.10. The van der Waals surface area contributed by atoms with Crippen LogP contribution in [-0.4, -0.2) is 39.6 Å². The van der Waals surface area contributed by atoms with E-state index in [9.17, 15) is 18.0 Å². The van der Waals surface area contributed by atoms with Crippen molar-refractivity contribution in [3.8, 4) is 0 Å². The van der Waals surface area contributed by atoms with Crippen molar-refractivity contribution in [2.75, 3.05) is 28.6 Å². The van der Waals surface area contributed by atoms with Gasteiger partial charge in [0.05, 0.1) is 11.9 Å². The number of nitrogens with zero attached hydrogens (tertiary/aromatic N) is 2. The van der Waals surface area contributed by atoms with Crippen LogP contribution in [-0.2, 0) is 26.2 Å². The Morgan fingerprint density at radius 2 is 1.93 bits per heavy atom. The predicted octanol–water partition coefficient (Wildman–Crippen LogP) is 2.20. The molecule has 0 radical (unpaired) electrons. The Balaban J connectivity index is 1.66. The lowest BCUT2D eigenvalue weighted by molar-refractivity contribution is -0.120. The van der Waals surface area contributed by atoms with Crippen LogP contribution in [0.15, 0.2) is 48.5 Å². The van der Waals surface area contributed by atoms with E-state index in [1.165, 1.54) is 0 Å². The summed E-state index contributed by atoms with van der Waals surface area (Å²) in [6.45, 7) is 2.52. The van der Waals surface area contributed by atoms with Crippen molar-refractivity contribution >= 4 is 33.2 Å². The van der Waals surface area contributed by atoms with Crippen molar-refractivity contribution in [3.63, 3.8) is 0 Å². The van der Waals surface area contributed by atoms with E-state index in [1.54, 1.807) is 23.1 Å². The van der Waals surface area contributed by atoms with Gasteiger partial charge in [-0.3, -0.25) is 13.9 Å². The van der Waals surface area contributed by atoms with Crippen LogP contribution in [0.2, 0.25) is 0 Å². The predicted molar refractivity (Wildman–Crippen MR) is 113 cm³/mol. The van der Waals surface area contributed by atoms with Gasteiger partial charge in [0.1, 0.15) is 6.54 Å². The van der Waals surface area contributed by atoms with Crippen LogP contribution in [0.3, 0.4) is 0 Å². The van der Waals surface area contributed by atoms with Crippen molar-refractivity contribution in [1.82, 2.24) is 5.32 Å². The molecule has 0 saturated carbocycles. The summed E-state index contributed by atoms with van der Waals surface area (Å²) in [5.74, 6) is -0.298. The van der Waals surface area contributed by atoms with Crippen LogP contribution in [0.1, 0.15) is 24.0 Å². The maximum atomic E-state index is 12.4. The van der Waals surface area contributed by atoms with Gasteiger partial charge in [-0.2, -0.15) is 0 Å². The summed E-state index contributed by atoms with van der Waals surface area (Å²) in [6, 6.07) is 14.5. The van der Waals surface area contributed by atoms with Crippen LogP contribution in [0.5, 0.6) is 0 Å². The first-order valence-corrected chi connectivity index (χ1v) is 11.3. The van der Waals surface area contributed by atoms with Gasteiger partial charge in [0.2, 0.25) is 21.8 Å². The molecule has 0 atom stereocenters. The van der Waals surface area contributed by atoms with E-state index in [2.05, 4.69) is 5.32 Å². The molecule has 7 nitrogen and oxygen atoms in total. The zero-order valence-corrected chi connectivity index (χ0v) is 17.4. The molecular weight excluding hydrogens is 390 g/mol. The molecule has 0 spiro atoms. The number of hydrogen-bond donors (Lipinski definition) is 1. The standard InChI is InChI=1S/C21H25N3O4S/c1-16-6-3-9-19(12-16)24(29(2,27)28)15-20(25)22-14-17-7-4-8-18(13-17)23-11-5-10-21(23)26/h3-4,6-9,12-13H,5,10-11,14-15H2,1-2H3,(H,22,25). The number of sulfonamides is 1. The Labute approximate surface area is 171 Å². The summed E-state index contributed by atoms with van der Waals surface area (Å²) in [7, 11) is -3.61. The second kappa shape index (κ2) is 8.65. The van der Waals surface area contributed by atoms with Crippen molar-refractivity contribution in [1.29, 1.82) is 0 Å². The summed E-state index contributed by atoms with van der Waals surface area (Å²) in [5.41, 5.74) is 3.02. The Morgan fingerprint density at radius 1 is 1.17 bits per heavy atom. The first kappa shape index (κ1) is 20.9. The highest BCUT2D eigenvalue weighted by Crippen LogP contribution is 2.22. The Hall–Kier alpha value is -2.87. The molecule has 2 aromatic carbocycles. The summed E-state index contributed by atoms with van der Waals surface area (Å²) in [6.07, 6.45) is 2.49. The van der Waals surface area contributed by atoms with Gasteiger partial charge >= 0.3 is 0 Å². The minimum Gasteiger partial charge on any atom is -0.350 e. The van der Waals surface area contributed by atoms with Gasteiger partial charge in [0.25, 0.3) is 0 Å². The molecule has 1 N–H and O–H groups in total. The van der Waals surface area contributed by atoms with Gasteiger partial charge in [-0.1, -0.05) is 24.3 Å². The van der Waals surface area contributed by atoms with Gasteiger partial charge in [-0.15, -0.1) is 0 Å². The minimum absolute atomic E-state index is 0.105. The molecule has 29 heavy (non-hydrogen) atoms. The maximum Gasteiger partial charge on any atom is 0.241 e. The molecule has 1 fully saturated rings. The lowest BCUT2D eigenvalue weighted by Gasteiger charge is -2.22. The monoisotopic (exact) mass is 415 g/mol. The molecule has 8 heteroatoms. The normalized spacial score (nSPS) is 14.1. The van der Waals surface area contributed by atoms with Crippen LogP contribution in [0.4, 0.5) is 11.4 Å². The van der Waals surface area contributed by atoms with Gasteiger partial charge < -0.3 is 10.2 Å². The molecule has 2 amide bonds. The van der Waals surface area contributed by atoms with E-state index in [0.29, 0.717) is 18.7 Å².